The summed E-state index contributed by atoms with van der Waals surface area (Å²) in [5, 5.41) is 0. The van der Waals surface area contributed by atoms with Gasteiger partial charge in [-0.3, -0.25) is 0 Å². The summed E-state index contributed by atoms with van der Waals surface area (Å²) in [6.45, 7) is 5.56. The van der Waals surface area contributed by atoms with E-state index < -0.39 is 5.79 Å². The Kier molecular flexibility index (Phi) is 4.22. The van der Waals surface area contributed by atoms with Gasteiger partial charge in [-0.1, -0.05) is 36.9 Å². The SMILES string of the molecule is C=C1[C@H]([C@H](CC=O)c2ccccc2)CCCC12OCCO2. The highest BCUT2D eigenvalue weighted by molar-refractivity contribution is 5.52. The number of carbonyl (C=O) groups excluding carboxylic acids is 1. The smallest absolute Gasteiger partial charge is 0.190 e. The molecule has 21 heavy (non-hydrogen) atoms. The van der Waals surface area contributed by atoms with Gasteiger partial charge in [-0.25, -0.2) is 0 Å². The predicted molar refractivity (Wildman–Crippen MR) is 81.0 cm³/mol. The van der Waals surface area contributed by atoms with Gasteiger partial charge in [0.1, 0.15) is 6.29 Å². The summed E-state index contributed by atoms with van der Waals surface area (Å²) in [5.74, 6) is -0.190. The number of aldehydes is 1. The molecule has 1 aromatic rings. The van der Waals surface area contributed by atoms with Crippen LogP contribution in [0.3, 0.4) is 0 Å². The lowest BCUT2D eigenvalue weighted by atomic mass is 9.70. The topological polar surface area (TPSA) is 35.5 Å². The van der Waals surface area contributed by atoms with E-state index in [1.165, 1.54) is 5.56 Å². The number of hydrogen-bond acceptors (Lipinski definition) is 3. The van der Waals surface area contributed by atoms with Crippen LogP contribution in [-0.4, -0.2) is 25.3 Å². The minimum absolute atomic E-state index is 0.168. The highest BCUT2D eigenvalue weighted by atomic mass is 16.7. The molecule has 0 unspecified atom stereocenters. The monoisotopic (exact) mass is 286 g/mol. The molecule has 2 atom stereocenters. The van der Waals surface area contributed by atoms with Crippen molar-refractivity contribution in [2.75, 3.05) is 13.2 Å². The summed E-state index contributed by atoms with van der Waals surface area (Å²) in [6, 6.07) is 10.2. The van der Waals surface area contributed by atoms with Crippen LogP contribution < -0.4 is 0 Å². The molecule has 1 aromatic carbocycles. The first-order valence-corrected chi connectivity index (χ1v) is 7.72. The van der Waals surface area contributed by atoms with E-state index in [4.69, 9.17) is 9.47 Å². The third-order valence-corrected chi connectivity index (χ3v) is 4.78. The molecule has 1 aliphatic carbocycles. The molecule has 1 spiro atoms. The van der Waals surface area contributed by atoms with Crippen LogP contribution >= 0.6 is 0 Å². The second kappa shape index (κ2) is 6.12. The Bertz CT molecular complexity index is 502. The maximum absolute atomic E-state index is 11.2. The fourth-order valence-corrected chi connectivity index (χ4v) is 3.74. The molecule has 0 bridgehead atoms. The lowest BCUT2D eigenvalue weighted by Crippen LogP contribution is -2.40. The van der Waals surface area contributed by atoms with Crippen molar-refractivity contribution < 1.29 is 14.3 Å². The Morgan fingerprint density at radius 1 is 1.29 bits per heavy atom. The van der Waals surface area contributed by atoms with Crippen molar-refractivity contribution in [2.45, 2.75) is 37.4 Å². The summed E-state index contributed by atoms with van der Waals surface area (Å²) in [6.07, 6.45) is 4.50. The second-order valence-corrected chi connectivity index (χ2v) is 5.89. The van der Waals surface area contributed by atoms with E-state index >= 15 is 0 Å². The van der Waals surface area contributed by atoms with Crippen molar-refractivity contribution in [3.05, 3.63) is 48.0 Å². The molecule has 2 aliphatic rings. The highest BCUT2D eigenvalue weighted by Crippen LogP contribution is 2.48. The average Bonchev–Trinajstić information content (AvgIpc) is 2.99. The molecule has 0 amide bonds. The van der Waals surface area contributed by atoms with Gasteiger partial charge in [-0.15, -0.1) is 0 Å². The van der Waals surface area contributed by atoms with Gasteiger partial charge in [0.25, 0.3) is 0 Å². The van der Waals surface area contributed by atoms with Crippen LogP contribution in [0.5, 0.6) is 0 Å². The van der Waals surface area contributed by atoms with Gasteiger partial charge < -0.3 is 14.3 Å². The van der Waals surface area contributed by atoms with Crippen molar-refractivity contribution >= 4 is 6.29 Å². The minimum atomic E-state index is -0.598. The summed E-state index contributed by atoms with van der Waals surface area (Å²) in [7, 11) is 0. The highest BCUT2D eigenvalue weighted by Gasteiger charge is 2.46. The van der Waals surface area contributed by atoms with Crippen LogP contribution in [0.15, 0.2) is 42.5 Å². The Morgan fingerprint density at radius 2 is 2.00 bits per heavy atom. The van der Waals surface area contributed by atoms with E-state index in [0.717, 1.165) is 31.1 Å². The first-order chi connectivity index (χ1) is 10.3. The number of ether oxygens (including phenoxy) is 2. The largest absolute Gasteiger partial charge is 0.344 e. The molecule has 1 aliphatic heterocycles. The van der Waals surface area contributed by atoms with Gasteiger partial charge in [0.2, 0.25) is 0 Å². The maximum atomic E-state index is 11.2. The average molecular weight is 286 g/mol. The number of hydrogen-bond donors (Lipinski definition) is 0. The molecule has 0 aromatic heterocycles. The molecule has 0 radical (unpaired) electrons. The molecule has 1 heterocycles. The standard InChI is InChI=1S/C18H22O3/c1-14-16(8-5-10-18(14)20-12-13-21-18)17(9-11-19)15-6-3-2-4-7-15/h2-4,6-7,11,16-17H,1,5,8-10,12-13H2/t16-,17-/m1/s1. The van der Waals surface area contributed by atoms with Crippen molar-refractivity contribution in [1.82, 2.24) is 0 Å². The molecule has 3 rings (SSSR count). The van der Waals surface area contributed by atoms with Crippen molar-refractivity contribution in [2.24, 2.45) is 5.92 Å². The molecule has 1 saturated heterocycles. The van der Waals surface area contributed by atoms with Crippen LogP contribution in [0.1, 0.15) is 37.2 Å². The van der Waals surface area contributed by atoms with Crippen molar-refractivity contribution in [1.29, 1.82) is 0 Å². The number of rotatable bonds is 4. The maximum Gasteiger partial charge on any atom is 0.190 e. The lowest BCUT2D eigenvalue weighted by molar-refractivity contribution is -0.147. The van der Waals surface area contributed by atoms with Crippen LogP contribution in [0.4, 0.5) is 0 Å². The molecule has 2 fully saturated rings. The second-order valence-electron chi connectivity index (χ2n) is 5.89. The van der Waals surface area contributed by atoms with Crippen LogP contribution in [-0.2, 0) is 14.3 Å². The van der Waals surface area contributed by atoms with E-state index in [9.17, 15) is 4.79 Å². The Labute approximate surface area is 125 Å². The first-order valence-electron chi connectivity index (χ1n) is 7.72. The van der Waals surface area contributed by atoms with E-state index in [1.807, 2.05) is 18.2 Å². The minimum Gasteiger partial charge on any atom is -0.344 e. The Morgan fingerprint density at radius 3 is 2.67 bits per heavy atom. The van der Waals surface area contributed by atoms with Crippen LogP contribution in [0, 0.1) is 5.92 Å². The third kappa shape index (κ3) is 2.68. The van der Waals surface area contributed by atoms with Gasteiger partial charge in [0.15, 0.2) is 5.79 Å². The molecule has 3 nitrogen and oxygen atoms in total. The zero-order chi connectivity index (χ0) is 14.7. The van der Waals surface area contributed by atoms with E-state index in [0.29, 0.717) is 19.6 Å². The molecule has 0 N–H and O–H groups in total. The normalized spacial score (nSPS) is 25.9. The van der Waals surface area contributed by atoms with Gasteiger partial charge in [-0.2, -0.15) is 0 Å². The Balaban J connectivity index is 1.88. The summed E-state index contributed by atoms with van der Waals surface area (Å²) in [5.41, 5.74) is 2.22. The Hall–Kier alpha value is -1.45. The number of benzene rings is 1. The van der Waals surface area contributed by atoms with Gasteiger partial charge in [0.05, 0.1) is 13.2 Å². The molecular formula is C18H22O3. The van der Waals surface area contributed by atoms with Gasteiger partial charge >= 0.3 is 0 Å². The first kappa shape index (κ1) is 14.5. The van der Waals surface area contributed by atoms with E-state index in [-0.39, 0.29) is 11.8 Å². The summed E-state index contributed by atoms with van der Waals surface area (Å²) < 4.78 is 11.8. The molecule has 3 heteroatoms. The predicted octanol–water partition coefficient (Wildman–Crippen LogP) is 3.46. The summed E-state index contributed by atoms with van der Waals surface area (Å²) in [4.78, 5) is 11.2. The zero-order valence-corrected chi connectivity index (χ0v) is 12.3. The fourth-order valence-electron chi connectivity index (χ4n) is 3.74. The molecule has 112 valence electrons. The van der Waals surface area contributed by atoms with Crippen LogP contribution in [0.25, 0.3) is 0 Å². The summed E-state index contributed by atoms with van der Waals surface area (Å²) >= 11 is 0. The lowest BCUT2D eigenvalue weighted by Gasteiger charge is -2.41. The van der Waals surface area contributed by atoms with E-state index in [2.05, 4.69) is 18.7 Å². The quantitative estimate of drug-likeness (QED) is 0.628. The molecule has 1 saturated carbocycles. The van der Waals surface area contributed by atoms with Crippen molar-refractivity contribution in [3.63, 3.8) is 0 Å². The molecular weight excluding hydrogens is 264 g/mol. The number of carbonyl (C=O) groups is 1. The fraction of sp³-hybridized carbons (Fsp3) is 0.500. The van der Waals surface area contributed by atoms with E-state index in [1.54, 1.807) is 0 Å². The zero-order valence-electron chi connectivity index (χ0n) is 12.3. The van der Waals surface area contributed by atoms with Crippen LogP contribution in [0.2, 0.25) is 0 Å². The van der Waals surface area contributed by atoms with Crippen molar-refractivity contribution in [3.8, 4) is 0 Å². The van der Waals surface area contributed by atoms with Gasteiger partial charge in [-0.05, 0) is 35.8 Å². The third-order valence-electron chi connectivity index (χ3n) is 4.78. The van der Waals surface area contributed by atoms with Gasteiger partial charge in [0, 0.05) is 12.8 Å².